The predicted molar refractivity (Wildman–Crippen MR) is 240 cm³/mol. The Bertz CT molecular complexity index is 1510. The molecular weight excluding hydrogens is 839 g/mol. The quantitative estimate of drug-likeness (QED) is 0.223. The Morgan fingerprint density at radius 1 is 0.639 bits per heavy atom. The molecule has 2 saturated carbocycles. The zero-order valence-electron chi connectivity index (χ0n) is 38.9. The summed E-state index contributed by atoms with van der Waals surface area (Å²) in [5, 5.41) is 8.91. The Morgan fingerprint density at radius 3 is 1.54 bits per heavy atom. The van der Waals surface area contributed by atoms with Gasteiger partial charge in [-0.1, -0.05) is 138 Å². The molecular formula is C46H80O12P2S. The van der Waals surface area contributed by atoms with Crippen molar-refractivity contribution in [1.82, 2.24) is 0 Å². The summed E-state index contributed by atoms with van der Waals surface area (Å²) in [6.07, 6.45) is 12.6. The Balaban J connectivity index is 0.000000199. The highest BCUT2D eigenvalue weighted by Crippen LogP contribution is 2.59. The van der Waals surface area contributed by atoms with Gasteiger partial charge < -0.3 is 19.3 Å². The standard InChI is InChI=1S/C20H37O6P.C20H31O5PS.C6H12O/c1-6-17-14(2)15(3)18(19(25-17)24-16-10-8-7-9-11-16)26-27(21)22-12-20(4,5)13-23-27;1-6-17-14(2)15(3)18(19(24-17)27-16-10-8-7-9-11-16)25-26(21)22-12-20(4,5)13-23-26;7-6-4-2-1-3-5-6/h14-19H,6-13H2,1-5H3;7-11,14-15,17-19H,6,12-13H2,1-5H3;6-7H,1-5H2. The summed E-state index contributed by atoms with van der Waals surface area (Å²) in [6.45, 7) is 22.4. The highest BCUT2D eigenvalue weighted by atomic mass is 32.2. The molecule has 4 aliphatic heterocycles. The van der Waals surface area contributed by atoms with Crippen LogP contribution in [0.5, 0.6) is 0 Å². The third-order valence-electron chi connectivity index (χ3n) is 13.2. The summed E-state index contributed by atoms with van der Waals surface area (Å²) in [7, 11) is -7.19. The zero-order chi connectivity index (χ0) is 44.4. The second-order valence-electron chi connectivity index (χ2n) is 19.9. The fraction of sp³-hybridized carbons (Fsp3) is 0.870. The molecule has 4 saturated heterocycles. The monoisotopic (exact) mass is 918 g/mol. The maximum atomic E-state index is 13.1. The summed E-state index contributed by atoms with van der Waals surface area (Å²) >= 11 is 1.61. The van der Waals surface area contributed by atoms with E-state index >= 15 is 0 Å². The van der Waals surface area contributed by atoms with E-state index in [0.717, 1.165) is 43.4 Å². The lowest BCUT2D eigenvalue weighted by Crippen LogP contribution is -2.52. The highest BCUT2D eigenvalue weighted by Gasteiger charge is 2.50. The van der Waals surface area contributed by atoms with Crippen molar-refractivity contribution in [1.29, 1.82) is 0 Å². The van der Waals surface area contributed by atoms with E-state index in [9.17, 15) is 9.13 Å². The Morgan fingerprint density at radius 2 is 1.08 bits per heavy atom. The van der Waals surface area contributed by atoms with Crippen LogP contribution in [0.1, 0.15) is 146 Å². The first-order valence-electron chi connectivity index (χ1n) is 23.4. The first-order valence-corrected chi connectivity index (χ1v) is 27.2. The van der Waals surface area contributed by atoms with Crippen LogP contribution in [0.4, 0.5) is 0 Å². The smallest absolute Gasteiger partial charge is 0.393 e. The second-order valence-corrected chi connectivity index (χ2v) is 24.3. The van der Waals surface area contributed by atoms with Crippen molar-refractivity contribution in [2.24, 2.45) is 34.5 Å². The Kier molecular flexibility index (Phi) is 19.8. The summed E-state index contributed by atoms with van der Waals surface area (Å²) in [5.74, 6) is 0.864. The van der Waals surface area contributed by atoms with E-state index in [4.69, 9.17) is 46.5 Å². The largest absolute Gasteiger partial charge is 0.475 e. The molecule has 61 heavy (non-hydrogen) atoms. The number of hydrogen-bond acceptors (Lipinski definition) is 13. The first kappa shape index (κ1) is 51.6. The lowest BCUT2D eigenvalue weighted by atomic mass is 9.82. The van der Waals surface area contributed by atoms with Gasteiger partial charge in [-0.15, -0.1) is 0 Å². The Labute approximate surface area is 372 Å². The predicted octanol–water partition coefficient (Wildman–Crippen LogP) is 12.4. The first-order chi connectivity index (χ1) is 28.9. The number of phosphoric ester groups is 2. The van der Waals surface area contributed by atoms with Crippen molar-refractivity contribution in [3.8, 4) is 0 Å². The molecule has 12 nitrogen and oxygen atoms in total. The van der Waals surface area contributed by atoms with Gasteiger partial charge in [-0.2, -0.15) is 0 Å². The van der Waals surface area contributed by atoms with Gasteiger partial charge in [0.2, 0.25) is 0 Å². The molecule has 7 rings (SSSR count). The average molecular weight is 919 g/mol. The lowest BCUT2D eigenvalue weighted by molar-refractivity contribution is -0.283. The normalized spacial score (nSPS) is 36.4. The maximum absolute atomic E-state index is 13.1. The van der Waals surface area contributed by atoms with Gasteiger partial charge in [-0.05, 0) is 74.3 Å². The molecule has 15 heteroatoms. The SMILES string of the molecule is CCC1OC(OC2CCCCC2)C(OP2(=O)OCC(C)(C)CO2)C(C)C1C.CCC1OC(Sc2ccccc2)C(OP2(=O)OCC(C)(C)CO2)C(C)C1C.OC1CCCCC1. The molecule has 2 aliphatic carbocycles. The van der Waals surface area contributed by atoms with Gasteiger partial charge in [0.15, 0.2) is 6.29 Å². The molecule has 1 N–H and O–H groups in total. The van der Waals surface area contributed by atoms with E-state index in [0.29, 0.717) is 32.3 Å². The van der Waals surface area contributed by atoms with Gasteiger partial charge >= 0.3 is 15.6 Å². The number of benzene rings is 1. The molecule has 0 spiro atoms. The lowest BCUT2D eigenvalue weighted by Gasteiger charge is -2.46. The van der Waals surface area contributed by atoms with Crippen LogP contribution in [0.3, 0.4) is 0 Å². The van der Waals surface area contributed by atoms with E-state index in [1.807, 2.05) is 58.0 Å². The van der Waals surface area contributed by atoms with Crippen LogP contribution in [-0.4, -0.2) is 79.9 Å². The third kappa shape index (κ3) is 15.3. The fourth-order valence-corrected chi connectivity index (χ4v) is 13.6. The van der Waals surface area contributed by atoms with Crippen molar-refractivity contribution in [3.63, 3.8) is 0 Å². The summed E-state index contributed by atoms with van der Waals surface area (Å²) in [5.41, 5.74) is -0.591. The van der Waals surface area contributed by atoms with E-state index < -0.39 is 28.0 Å². The van der Waals surface area contributed by atoms with Gasteiger partial charge in [0, 0.05) is 15.7 Å². The molecule has 0 bridgehead atoms. The number of aliphatic hydroxyl groups excluding tert-OH is 1. The number of phosphoric acid groups is 2. The molecule has 10 atom stereocenters. The van der Waals surface area contributed by atoms with Gasteiger partial charge in [-0.3, -0.25) is 27.1 Å². The fourth-order valence-electron chi connectivity index (χ4n) is 8.65. The minimum absolute atomic E-state index is 0.0359. The number of rotatable bonds is 10. The molecule has 1 aromatic rings. The molecule has 10 unspecified atom stereocenters. The van der Waals surface area contributed by atoms with E-state index in [2.05, 4.69) is 41.5 Å². The van der Waals surface area contributed by atoms with Crippen LogP contribution < -0.4 is 0 Å². The number of ether oxygens (including phenoxy) is 3. The van der Waals surface area contributed by atoms with Crippen molar-refractivity contribution in [2.75, 3.05) is 26.4 Å². The summed E-state index contributed by atoms with van der Waals surface area (Å²) in [6, 6.07) is 10.1. The molecule has 1 aromatic carbocycles. The Hall–Kier alpha value is -0.370. The number of hydrogen-bond donors (Lipinski definition) is 1. The van der Waals surface area contributed by atoms with Crippen LogP contribution >= 0.6 is 27.4 Å². The highest BCUT2D eigenvalue weighted by molar-refractivity contribution is 7.99. The molecule has 352 valence electrons. The second kappa shape index (κ2) is 23.4. The van der Waals surface area contributed by atoms with E-state index in [1.54, 1.807) is 11.8 Å². The molecule has 6 aliphatic rings. The molecule has 4 heterocycles. The molecule has 6 fully saturated rings. The van der Waals surface area contributed by atoms with Crippen LogP contribution in [0, 0.1) is 34.5 Å². The molecule has 0 amide bonds. The van der Waals surface area contributed by atoms with Gasteiger partial charge in [0.1, 0.15) is 17.6 Å². The van der Waals surface area contributed by atoms with E-state index in [1.165, 1.54) is 38.5 Å². The average Bonchev–Trinajstić information content (AvgIpc) is 3.24. The van der Waals surface area contributed by atoms with Gasteiger partial charge in [0.25, 0.3) is 0 Å². The zero-order valence-corrected chi connectivity index (χ0v) is 41.5. The van der Waals surface area contributed by atoms with Crippen molar-refractivity contribution >= 4 is 27.4 Å². The van der Waals surface area contributed by atoms with Crippen LogP contribution in [0.25, 0.3) is 0 Å². The minimum Gasteiger partial charge on any atom is -0.393 e. The van der Waals surface area contributed by atoms with Gasteiger partial charge in [-0.25, -0.2) is 9.13 Å². The number of aliphatic hydroxyl groups is 1. The number of thioether (sulfide) groups is 1. The van der Waals surface area contributed by atoms with Gasteiger partial charge in [0.05, 0.1) is 50.8 Å². The van der Waals surface area contributed by atoms with Crippen molar-refractivity contribution in [3.05, 3.63) is 30.3 Å². The summed E-state index contributed by atoms with van der Waals surface area (Å²) in [4.78, 5) is 1.10. The van der Waals surface area contributed by atoms with Crippen LogP contribution in [0.2, 0.25) is 0 Å². The maximum Gasteiger partial charge on any atom is 0.475 e. The topological polar surface area (TPSA) is 137 Å². The van der Waals surface area contributed by atoms with Crippen molar-refractivity contribution < 1.29 is 55.6 Å². The molecule has 0 aromatic heterocycles. The minimum atomic E-state index is -3.60. The van der Waals surface area contributed by atoms with Crippen LogP contribution in [0.15, 0.2) is 35.2 Å². The molecule has 0 radical (unpaired) electrons. The van der Waals surface area contributed by atoms with Crippen LogP contribution in [-0.2, 0) is 50.5 Å². The third-order valence-corrected chi connectivity index (χ3v) is 17.2. The summed E-state index contributed by atoms with van der Waals surface area (Å²) < 4.78 is 79.4. The van der Waals surface area contributed by atoms with E-state index in [-0.39, 0.29) is 64.5 Å². The van der Waals surface area contributed by atoms with Crippen molar-refractivity contribution in [2.45, 2.75) is 200 Å².